The topological polar surface area (TPSA) is 3.24 Å². The Morgan fingerprint density at radius 2 is 2.40 bits per heavy atom. The molecule has 3 rings (SSSR count). The normalized spacial score (nSPS) is 62.8. The van der Waals surface area contributed by atoms with E-state index in [1.165, 1.54) is 0 Å². The van der Waals surface area contributed by atoms with Gasteiger partial charge in [-0.15, -0.1) is 0 Å². The largest absolute Gasteiger partial charge is 0.297 e. The van der Waals surface area contributed by atoms with Crippen LogP contribution in [0.2, 0.25) is 0 Å². The lowest BCUT2D eigenvalue weighted by atomic mass is 9.82. The van der Waals surface area contributed by atoms with Gasteiger partial charge < -0.3 is 0 Å². The number of alkyl halides is 1. The molecule has 0 unspecified atom stereocenters. The van der Waals surface area contributed by atoms with Gasteiger partial charge in [0.15, 0.2) is 0 Å². The van der Waals surface area contributed by atoms with Crippen LogP contribution in [0.1, 0.15) is 54.1 Å². The van der Waals surface area contributed by atoms with Crippen molar-refractivity contribution in [2.75, 3.05) is 13.0 Å². The summed E-state index contributed by atoms with van der Waals surface area (Å²) in [5.74, 6) is -0.392. The van der Waals surface area contributed by atoms with Crippen molar-refractivity contribution in [1.82, 2.24) is 4.90 Å². The predicted octanol–water partition coefficient (Wildman–Crippen LogP) is 3.00. The van der Waals surface area contributed by atoms with Gasteiger partial charge in [0, 0.05) is 25.7 Å². The molecule has 2 heterocycles. The SMILES string of the molecule is [2H]C1([2H])CC[C@@]2(C([2H])([2H])C(C)C)C[C@@]3(C[C@H]3F)C([2H])([2H])N12. The van der Waals surface area contributed by atoms with E-state index in [2.05, 4.69) is 0 Å². The van der Waals surface area contributed by atoms with Crippen molar-refractivity contribution < 1.29 is 12.6 Å². The van der Waals surface area contributed by atoms with Crippen LogP contribution in [0, 0.1) is 11.3 Å². The summed E-state index contributed by atoms with van der Waals surface area (Å²) < 4.78 is 64.0. The van der Waals surface area contributed by atoms with Gasteiger partial charge in [-0.3, -0.25) is 4.90 Å². The number of fused-ring (bicyclic) bond motifs is 1. The molecule has 1 aliphatic carbocycles. The third kappa shape index (κ3) is 1.37. The van der Waals surface area contributed by atoms with E-state index in [0.29, 0.717) is 0 Å². The maximum absolute atomic E-state index is 14.0. The van der Waals surface area contributed by atoms with Gasteiger partial charge in [0.05, 0.1) is 0 Å². The van der Waals surface area contributed by atoms with Crippen LogP contribution in [0.4, 0.5) is 4.39 Å². The smallest absolute Gasteiger partial charge is 0.108 e. The summed E-state index contributed by atoms with van der Waals surface area (Å²) in [6.07, 6.45) is -2.60. The van der Waals surface area contributed by atoms with E-state index >= 15 is 0 Å². The van der Waals surface area contributed by atoms with Gasteiger partial charge in [-0.1, -0.05) is 13.8 Å². The summed E-state index contributed by atoms with van der Waals surface area (Å²) in [7, 11) is 0. The highest BCUT2D eigenvalue weighted by molar-refractivity contribution is 5.18. The molecule has 15 heavy (non-hydrogen) atoms. The molecule has 0 aromatic carbocycles. The second-order valence-electron chi connectivity index (χ2n) is 5.44. The Balaban J connectivity index is 2.16. The molecule has 1 saturated carbocycles. The van der Waals surface area contributed by atoms with E-state index in [0.717, 1.165) is 4.90 Å². The predicted molar refractivity (Wildman–Crippen MR) is 59.6 cm³/mol. The molecule has 0 aromatic heterocycles. The van der Waals surface area contributed by atoms with Crippen LogP contribution in [0.15, 0.2) is 0 Å². The zero-order chi connectivity index (χ0) is 16.1. The standard InChI is InChI=1S/C13H22FN/c1-10(2)6-13-4-3-5-15(13)9-12(8-13)7-11(12)14/h10-11H,3-9H2,1-2H3/t11-,12+,13-/m1/s1/i5D2,6D2,9D2. The van der Waals surface area contributed by atoms with Crippen LogP contribution in [-0.2, 0) is 0 Å². The minimum Gasteiger partial charge on any atom is -0.297 e. The maximum Gasteiger partial charge on any atom is 0.108 e. The van der Waals surface area contributed by atoms with Gasteiger partial charge in [-0.25, -0.2) is 4.39 Å². The van der Waals surface area contributed by atoms with Gasteiger partial charge >= 0.3 is 0 Å². The minimum atomic E-state index is -2.14. The lowest BCUT2D eigenvalue weighted by Gasteiger charge is -2.33. The molecular formula is C13H22FN. The van der Waals surface area contributed by atoms with Gasteiger partial charge in [0.2, 0.25) is 0 Å². The van der Waals surface area contributed by atoms with Crippen LogP contribution in [0.3, 0.4) is 0 Å². The quantitative estimate of drug-likeness (QED) is 0.687. The average Bonchev–Trinajstić information content (AvgIpc) is 2.78. The number of halogens is 1. The van der Waals surface area contributed by atoms with Gasteiger partial charge in [-0.2, -0.15) is 0 Å². The monoisotopic (exact) mass is 217 g/mol. The molecule has 86 valence electrons. The Kier molecular flexibility index (Phi) is 1.08. The first-order chi connectivity index (χ1) is 9.35. The van der Waals surface area contributed by atoms with Crippen LogP contribution >= 0.6 is 0 Å². The highest BCUT2D eigenvalue weighted by Crippen LogP contribution is 2.63. The third-order valence-electron chi connectivity index (χ3n) is 3.72. The van der Waals surface area contributed by atoms with Crippen LogP contribution in [0.5, 0.6) is 0 Å². The van der Waals surface area contributed by atoms with Crippen molar-refractivity contribution in [3.63, 3.8) is 0 Å². The number of hydrogen-bond donors (Lipinski definition) is 0. The van der Waals surface area contributed by atoms with Crippen LogP contribution in [0.25, 0.3) is 0 Å². The zero-order valence-corrected chi connectivity index (χ0v) is 9.31. The van der Waals surface area contributed by atoms with E-state index in [1.807, 2.05) is 0 Å². The second kappa shape index (κ2) is 2.97. The molecule has 0 bridgehead atoms. The summed E-state index contributed by atoms with van der Waals surface area (Å²) in [5.41, 5.74) is -2.49. The van der Waals surface area contributed by atoms with Crippen molar-refractivity contribution in [2.24, 2.45) is 11.3 Å². The Bertz CT molecular complexity index is 481. The van der Waals surface area contributed by atoms with Crippen molar-refractivity contribution in [3.8, 4) is 0 Å². The molecule has 0 N–H and O–H groups in total. The molecular weight excluding hydrogens is 189 g/mol. The Morgan fingerprint density at radius 1 is 1.67 bits per heavy atom. The highest BCUT2D eigenvalue weighted by Gasteiger charge is 2.66. The molecule has 1 spiro atoms. The van der Waals surface area contributed by atoms with Gasteiger partial charge in [-0.05, 0) is 44.5 Å². The zero-order valence-electron chi connectivity index (χ0n) is 15.3. The molecule has 0 aromatic rings. The average molecular weight is 217 g/mol. The Morgan fingerprint density at radius 3 is 3.00 bits per heavy atom. The van der Waals surface area contributed by atoms with Gasteiger partial charge in [0.25, 0.3) is 0 Å². The number of hydrogen-bond acceptors (Lipinski definition) is 1. The van der Waals surface area contributed by atoms with Crippen LogP contribution in [-0.4, -0.2) is 29.6 Å². The van der Waals surface area contributed by atoms with Gasteiger partial charge in [0.1, 0.15) is 6.17 Å². The summed E-state index contributed by atoms with van der Waals surface area (Å²) in [5, 5.41) is 0. The highest BCUT2D eigenvalue weighted by atomic mass is 19.1. The Hall–Kier alpha value is -0.110. The molecule has 2 aliphatic heterocycles. The summed E-state index contributed by atoms with van der Waals surface area (Å²) >= 11 is 0. The van der Waals surface area contributed by atoms with Crippen molar-refractivity contribution in [1.29, 1.82) is 0 Å². The fourth-order valence-corrected chi connectivity index (χ4v) is 3.02. The molecule has 3 atom stereocenters. The lowest BCUT2D eigenvalue weighted by Crippen LogP contribution is -2.39. The first-order valence-electron chi connectivity index (χ1n) is 8.80. The molecule has 0 amide bonds. The number of rotatable bonds is 2. The first kappa shape index (κ1) is 5.48. The van der Waals surface area contributed by atoms with E-state index in [9.17, 15) is 4.39 Å². The third-order valence-corrected chi connectivity index (χ3v) is 3.72. The summed E-state index contributed by atoms with van der Waals surface area (Å²) in [4.78, 5) is 1.06. The molecule has 3 fully saturated rings. The van der Waals surface area contributed by atoms with Crippen molar-refractivity contribution >= 4 is 0 Å². The fraction of sp³-hybridized carbons (Fsp3) is 1.00. The van der Waals surface area contributed by atoms with E-state index in [1.54, 1.807) is 13.8 Å². The van der Waals surface area contributed by atoms with Crippen molar-refractivity contribution in [2.45, 2.75) is 57.6 Å². The fourth-order valence-electron chi connectivity index (χ4n) is 3.02. The minimum absolute atomic E-state index is 0.0683. The molecule has 1 nitrogen and oxygen atoms in total. The molecule has 2 saturated heterocycles. The van der Waals surface area contributed by atoms with Crippen molar-refractivity contribution in [3.05, 3.63) is 0 Å². The maximum atomic E-state index is 14.0. The molecule has 0 radical (unpaired) electrons. The first-order valence-corrected chi connectivity index (χ1v) is 5.80. The second-order valence-corrected chi connectivity index (χ2v) is 5.44. The summed E-state index contributed by atoms with van der Waals surface area (Å²) in [6, 6.07) is 0. The summed E-state index contributed by atoms with van der Waals surface area (Å²) in [6.45, 7) is -0.630. The lowest BCUT2D eigenvalue weighted by molar-refractivity contribution is 0.163. The van der Waals surface area contributed by atoms with Crippen LogP contribution < -0.4 is 0 Å². The van der Waals surface area contributed by atoms with E-state index in [-0.39, 0.29) is 25.7 Å². The van der Waals surface area contributed by atoms with E-state index in [4.69, 9.17) is 8.22 Å². The Labute approximate surface area is 100 Å². The number of nitrogens with zero attached hydrogens (tertiary/aromatic N) is 1. The molecule has 2 heteroatoms. The molecule has 3 aliphatic rings. The van der Waals surface area contributed by atoms with E-state index < -0.39 is 42.4 Å².